The molecule has 1 rings (SSSR count). The Balaban J connectivity index is 2.62. The van der Waals surface area contributed by atoms with E-state index in [-0.39, 0.29) is 24.5 Å². The van der Waals surface area contributed by atoms with Crippen molar-refractivity contribution in [3.8, 4) is 6.07 Å². The number of nitrogens with one attached hydrogen (secondary N) is 1. The van der Waals surface area contributed by atoms with E-state index in [1.165, 1.54) is 0 Å². The molecular weight excluding hydrogens is 240 g/mol. The third-order valence-electron chi connectivity index (χ3n) is 2.98. The molecule has 1 aromatic carbocycles. The van der Waals surface area contributed by atoms with Gasteiger partial charge < -0.3 is 10.4 Å². The molecule has 0 aromatic heterocycles. The van der Waals surface area contributed by atoms with Gasteiger partial charge >= 0.3 is 0 Å². The molecule has 102 valence electrons. The van der Waals surface area contributed by atoms with Crippen molar-refractivity contribution in [1.29, 1.82) is 5.26 Å². The molecule has 0 spiro atoms. The molecule has 4 nitrogen and oxygen atoms in total. The molecule has 1 aromatic rings. The van der Waals surface area contributed by atoms with Gasteiger partial charge in [-0.05, 0) is 17.9 Å². The average molecular weight is 260 g/mol. The van der Waals surface area contributed by atoms with E-state index in [0.717, 1.165) is 5.56 Å². The van der Waals surface area contributed by atoms with E-state index in [1.54, 1.807) is 0 Å². The summed E-state index contributed by atoms with van der Waals surface area (Å²) in [6, 6.07) is 11.3. The number of amides is 1. The number of benzene rings is 1. The summed E-state index contributed by atoms with van der Waals surface area (Å²) < 4.78 is 0. The lowest BCUT2D eigenvalue weighted by molar-refractivity contribution is -0.125. The maximum atomic E-state index is 11.9. The highest BCUT2D eigenvalue weighted by Crippen LogP contribution is 2.10. The molecule has 4 heteroatoms. The third kappa shape index (κ3) is 4.72. The normalized spacial score (nSPS) is 13.6. The molecule has 0 aliphatic rings. The van der Waals surface area contributed by atoms with Gasteiger partial charge in [-0.3, -0.25) is 4.79 Å². The molecule has 2 N–H and O–H groups in total. The Hall–Kier alpha value is -1.86. The minimum atomic E-state index is -0.676. The number of hydrogen-bond acceptors (Lipinski definition) is 3. The van der Waals surface area contributed by atoms with Gasteiger partial charge in [0.05, 0.1) is 18.7 Å². The van der Waals surface area contributed by atoms with Gasteiger partial charge in [0.25, 0.3) is 0 Å². The second kappa shape index (κ2) is 7.55. The van der Waals surface area contributed by atoms with Crippen molar-refractivity contribution < 1.29 is 9.90 Å². The largest absolute Gasteiger partial charge is 0.394 e. The minimum absolute atomic E-state index is 0.0407. The van der Waals surface area contributed by atoms with Crippen molar-refractivity contribution >= 4 is 5.91 Å². The summed E-state index contributed by atoms with van der Waals surface area (Å²) >= 11 is 0. The highest BCUT2D eigenvalue weighted by molar-refractivity contribution is 5.81. The van der Waals surface area contributed by atoms with Crippen LogP contribution < -0.4 is 5.32 Å². The first kappa shape index (κ1) is 15.2. The first-order valence-electron chi connectivity index (χ1n) is 6.43. The molecule has 0 fully saturated rings. The lowest BCUT2D eigenvalue weighted by atomic mass is 9.96. The zero-order valence-electron chi connectivity index (χ0n) is 11.3. The van der Waals surface area contributed by atoms with E-state index in [4.69, 9.17) is 5.26 Å². The second-order valence-electron chi connectivity index (χ2n) is 4.93. The number of carbonyl (C=O) groups excluding carboxylic acids is 1. The number of rotatable bonds is 6. The van der Waals surface area contributed by atoms with Crippen molar-refractivity contribution in [2.75, 3.05) is 6.61 Å². The molecule has 19 heavy (non-hydrogen) atoms. The van der Waals surface area contributed by atoms with Crippen molar-refractivity contribution in [1.82, 2.24) is 5.32 Å². The van der Waals surface area contributed by atoms with Gasteiger partial charge in [0.1, 0.15) is 5.92 Å². The van der Waals surface area contributed by atoms with E-state index in [9.17, 15) is 9.90 Å². The molecule has 0 saturated carbocycles. The van der Waals surface area contributed by atoms with Gasteiger partial charge in [-0.1, -0.05) is 44.2 Å². The predicted molar refractivity (Wildman–Crippen MR) is 73.1 cm³/mol. The Morgan fingerprint density at radius 1 is 1.37 bits per heavy atom. The van der Waals surface area contributed by atoms with Crippen LogP contribution in [0.25, 0.3) is 0 Å². The maximum absolute atomic E-state index is 11.9. The number of aliphatic hydroxyl groups is 1. The van der Waals surface area contributed by atoms with E-state index in [2.05, 4.69) is 5.32 Å². The van der Waals surface area contributed by atoms with Crippen molar-refractivity contribution in [3.63, 3.8) is 0 Å². The molecule has 2 unspecified atom stereocenters. The number of nitriles is 1. The van der Waals surface area contributed by atoms with Crippen molar-refractivity contribution in [2.45, 2.75) is 26.3 Å². The average Bonchev–Trinajstić information content (AvgIpc) is 2.39. The summed E-state index contributed by atoms with van der Waals surface area (Å²) in [6.07, 6.45) is 0.555. The van der Waals surface area contributed by atoms with Gasteiger partial charge in [-0.25, -0.2) is 0 Å². The van der Waals surface area contributed by atoms with Crippen molar-refractivity contribution in [2.24, 2.45) is 11.8 Å². The van der Waals surface area contributed by atoms with Gasteiger partial charge in [0.2, 0.25) is 5.91 Å². The van der Waals surface area contributed by atoms with E-state index < -0.39 is 5.92 Å². The lowest BCUT2D eigenvalue weighted by Gasteiger charge is -2.19. The molecule has 0 bridgehead atoms. The number of aliphatic hydroxyl groups excluding tert-OH is 1. The fourth-order valence-corrected chi connectivity index (χ4v) is 1.86. The summed E-state index contributed by atoms with van der Waals surface area (Å²) in [5.41, 5.74) is 1.04. The molecule has 0 aliphatic carbocycles. The van der Waals surface area contributed by atoms with Crippen LogP contribution in [0.5, 0.6) is 0 Å². The van der Waals surface area contributed by atoms with Gasteiger partial charge in [0, 0.05) is 0 Å². The van der Waals surface area contributed by atoms with Crippen LogP contribution in [0.1, 0.15) is 19.4 Å². The van der Waals surface area contributed by atoms with Crippen LogP contribution in [-0.4, -0.2) is 23.7 Å². The molecule has 0 heterocycles. The number of carbonyl (C=O) groups is 1. The van der Waals surface area contributed by atoms with Crippen LogP contribution in [0.2, 0.25) is 0 Å². The first-order valence-corrected chi connectivity index (χ1v) is 6.43. The van der Waals surface area contributed by atoms with Crippen LogP contribution in [0.15, 0.2) is 30.3 Å². The fraction of sp³-hybridized carbons (Fsp3) is 0.467. The maximum Gasteiger partial charge on any atom is 0.237 e. The number of hydrogen-bond donors (Lipinski definition) is 2. The standard InChI is InChI=1S/C15H20N2O2/c1-11(2)14(9-16)15(19)17-13(10-18)8-12-6-4-3-5-7-12/h3-7,11,13-14,18H,8,10H2,1-2H3,(H,17,19). The van der Waals surface area contributed by atoms with Gasteiger partial charge in [-0.2, -0.15) is 5.26 Å². The first-order chi connectivity index (χ1) is 9.08. The van der Waals surface area contributed by atoms with Crippen molar-refractivity contribution in [3.05, 3.63) is 35.9 Å². The topological polar surface area (TPSA) is 73.1 Å². The number of nitrogens with zero attached hydrogens (tertiary/aromatic N) is 1. The molecule has 0 saturated heterocycles. The van der Waals surface area contributed by atoms with E-state index in [0.29, 0.717) is 6.42 Å². The molecule has 2 atom stereocenters. The second-order valence-corrected chi connectivity index (χ2v) is 4.93. The lowest BCUT2D eigenvalue weighted by Crippen LogP contribution is -2.43. The SMILES string of the molecule is CC(C)C(C#N)C(=O)NC(CO)Cc1ccccc1. The molecule has 0 radical (unpaired) electrons. The summed E-state index contributed by atoms with van der Waals surface area (Å²) in [5.74, 6) is -1.03. The van der Waals surface area contributed by atoms with E-state index >= 15 is 0 Å². The Morgan fingerprint density at radius 2 is 2.00 bits per heavy atom. The van der Waals surface area contributed by atoms with E-state index in [1.807, 2.05) is 50.2 Å². The Bertz CT molecular complexity index is 437. The van der Waals surface area contributed by atoms with Gasteiger partial charge in [-0.15, -0.1) is 0 Å². The minimum Gasteiger partial charge on any atom is -0.394 e. The summed E-state index contributed by atoms with van der Waals surface area (Å²) in [6.45, 7) is 3.52. The Labute approximate surface area is 114 Å². The zero-order chi connectivity index (χ0) is 14.3. The van der Waals surface area contributed by atoms with Crippen LogP contribution in [0.4, 0.5) is 0 Å². The van der Waals surface area contributed by atoms with Crippen LogP contribution in [0.3, 0.4) is 0 Å². The molecular formula is C15H20N2O2. The monoisotopic (exact) mass is 260 g/mol. The highest BCUT2D eigenvalue weighted by atomic mass is 16.3. The summed E-state index contributed by atoms with van der Waals surface area (Å²) in [7, 11) is 0. The molecule has 0 aliphatic heterocycles. The highest BCUT2D eigenvalue weighted by Gasteiger charge is 2.23. The fourth-order valence-electron chi connectivity index (χ4n) is 1.86. The quantitative estimate of drug-likeness (QED) is 0.814. The zero-order valence-corrected chi connectivity index (χ0v) is 11.3. The Kier molecular flexibility index (Phi) is 6.04. The van der Waals surface area contributed by atoms with Crippen LogP contribution >= 0.6 is 0 Å². The van der Waals surface area contributed by atoms with Crippen LogP contribution in [-0.2, 0) is 11.2 Å². The summed E-state index contributed by atoms with van der Waals surface area (Å²) in [4.78, 5) is 11.9. The predicted octanol–water partition coefficient (Wildman–Crippen LogP) is 1.50. The van der Waals surface area contributed by atoms with Gasteiger partial charge in [0.15, 0.2) is 0 Å². The van der Waals surface area contributed by atoms with Crippen LogP contribution in [0, 0.1) is 23.2 Å². The third-order valence-corrected chi connectivity index (χ3v) is 2.98. The summed E-state index contributed by atoms with van der Waals surface area (Å²) in [5, 5.41) is 21.0. The molecule has 1 amide bonds. The Morgan fingerprint density at radius 3 is 2.47 bits per heavy atom. The smallest absolute Gasteiger partial charge is 0.237 e.